The molecule has 0 radical (unpaired) electrons. The standard InChI is InChI=1S/C21H40N4O.HI/c1-3-22-20(23-15-18-9-13-25(16-18)19-7-8-19)24-17-21(10-5-6-11-21)12-14-26-4-2;/h18-19H,3-17H2,1-2H3,(H2,22,23,24);1H. The van der Waals surface area contributed by atoms with Gasteiger partial charge in [0, 0.05) is 45.4 Å². The molecule has 2 saturated carbocycles. The van der Waals surface area contributed by atoms with Crippen molar-refractivity contribution in [2.24, 2.45) is 16.3 Å². The average Bonchev–Trinajstić information content (AvgIpc) is 3.21. The second-order valence-electron chi connectivity index (χ2n) is 8.61. The lowest BCUT2D eigenvalue weighted by Crippen LogP contribution is -2.41. The van der Waals surface area contributed by atoms with Crippen LogP contribution in [0.25, 0.3) is 0 Å². The molecule has 1 atom stereocenters. The molecule has 3 aliphatic rings. The second kappa shape index (κ2) is 11.8. The summed E-state index contributed by atoms with van der Waals surface area (Å²) in [5, 5.41) is 7.09. The van der Waals surface area contributed by atoms with E-state index in [2.05, 4.69) is 29.4 Å². The van der Waals surface area contributed by atoms with E-state index in [0.717, 1.165) is 57.2 Å². The summed E-state index contributed by atoms with van der Waals surface area (Å²) in [6.45, 7) is 11.4. The van der Waals surface area contributed by atoms with Crippen molar-refractivity contribution < 1.29 is 4.74 Å². The van der Waals surface area contributed by atoms with E-state index < -0.39 is 0 Å². The number of hydrogen-bond donors (Lipinski definition) is 2. The Bertz CT molecular complexity index is 449. The molecule has 5 nitrogen and oxygen atoms in total. The minimum atomic E-state index is 0. The van der Waals surface area contributed by atoms with E-state index in [1.165, 1.54) is 58.0 Å². The highest BCUT2D eigenvalue weighted by Gasteiger charge is 2.35. The first kappa shape index (κ1) is 23.2. The van der Waals surface area contributed by atoms with Crippen molar-refractivity contribution >= 4 is 29.9 Å². The van der Waals surface area contributed by atoms with Crippen LogP contribution in [0.3, 0.4) is 0 Å². The van der Waals surface area contributed by atoms with Gasteiger partial charge in [-0.25, -0.2) is 0 Å². The maximum Gasteiger partial charge on any atom is 0.191 e. The first-order chi connectivity index (χ1) is 12.7. The summed E-state index contributed by atoms with van der Waals surface area (Å²) in [5.41, 5.74) is 0.369. The molecule has 0 aromatic carbocycles. The zero-order valence-corrected chi connectivity index (χ0v) is 19.8. The molecular formula is C21H41IN4O. The number of halogens is 1. The molecule has 0 spiro atoms. The summed E-state index contributed by atoms with van der Waals surface area (Å²) in [6.07, 6.45) is 10.7. The molecule has 0 amide bonds. The maximum absolute atomic E-state index is 5.64. The Labute approximate surface area is 183 Å². The van der Waals surface area contributed by atoms with Gasteiger partial charge >= 0.3 is 0 Å². The highest BCUT2D eigenvalue weighted by atomic mass is 127. The van der Waals surface area contributed by atoms with E-state index in [1.807, 2.05) is 0 Å². The van der Waals surface area contributed by atoms with Crippen LogP contribution >= 0.6 is 24.0 Å². The van der Waals surface area contributed by atoms with Gasteiger partial charge in [-0.3, -0.25) is 4.99 Å². The van der Waals surface area contributed by atoms with Gasteiger partial charge in [-0.1, -0.05) is 12.8 Å². The lowest BCUT2D eigenvalue weighted by molar-refractivity contribution is 0.107. The quantitative estimate of drug-likeness (QED) is 0.212. The number of aliphatic imine (C=N–C) groups is 1. The van der Waals surface area contributed by atoms with Gasteiger partial charge in [-0.15, -0.1) is 24.0 Å². The summed E-state index contributed by atoms with van der Waals surface area (Å²) >= 11 is 0. The normalized spacial score (nSPS) is 25.4. The molecule has 3 rings (SSSR count). The van der Waals surface area contributed by atoms with Gasteiger partial charge in [0.05, 0.1) is 0 Å². The van der Waals surface area contributed by atoms with Crippen LogP contribution in [-0.2, 0) is 4.74 Å². The fourth-order valence-corrected chi connectivity index (χ4v) is 4.68. The largest absolute Gasteiger partial charge is 0.382 e. The predicted molar refractivity (Wildman–Crippen MR) is 124 cm³/mol. The molecule has 1 unspecified atom stereocenters. The summed E-state index contributed by atoms with van der Waals surface area (Å²) in [4.78, 5) is 7.69. The molecule has 158 valence electrons. The lowest BCUT2D eigenvalue weighted by atomic mass is 9.83. The fraction of sp³-hybridized carbons (Fsp3) is 0.952. The number of likely N-dealkylation sites (tertiary alicyclic amines) is 1. The van der Waals surface area contributed by atoms with Crippen LogP contribution in [0.15, 0.2) is 4.99 Å². The predicted octanol–water partition coefficient (Wildman–Crippen LogP) is 3.63. The third-order valence-electron chi connectivity index (χ3n) is 6.50. The Morgan fingerprint density at radius 2 is 1.93 bits per heavy atom. The highest BCUT2D eigenvalue weighted by Crippen LogP contribution is 2.41. The molecular weight excluding hydrogens is 451 g/mol. The molecule has 1 saturated heterocycles. The van der Waals surface area contributed by atoms with Crippen LogP contribution in [0.1, 0.15) is 65.2 Å². The Hall–Kier alpha value is -0.0800. The van der Waals surface area contributed by atoms with E-state index in [1.54, 1.807) is 0 Å². The Morgan fingerprint density at radius 3 is 2.59 bits per heavy atom. The second-order valence-corrected chi connectivity index (χ2v) is 8.61. The van der Waals surface area contributed by atoms with Crippen molar-refractivity contribution in [2.75, 3.05) is 45.9 Å². The smallest absolute Gasteiger partial charge is 0.191 e. The Kier molecular flexibility index (Phi) is 10.1. The van der Waals surface area contributed by atoms with Gasteiger partial charge < -0.3 is 20.3 Å². The van der Waals surface area contributed by atoms with Crippen LogP contribution < -0.4 is 10.6 Å². The van der Waals surface area contributed by atoms with E-state index in [9.17, 15) is 0 Å². The number of hydrogen-bond acceptors (Lipinski definition) is 3. The van der Waals surface area contributed by atoms with Crippen LogP contribution in [0.2, 0.25) is 0 Å². The van der Waals surface area contributed by atoms with E-state index >= 15 is 0 Å². The van der Waals surface area contributed by atoms with Gasteiger partial charge in [0.25, 0.3) is 0 Å². The zero-order chi connectivity index (χ0) is 18.2. The maximum atomic E-state index is 5.64. The molecule has 0 bridgehead atoms. The first-order valence-corrected chi connectivity index (χ1v) is 11.1. The summed E-state index contributed by atoms with van der Waals surface area (Å²) in [5.74, 6) is 1.79. The number of nitrogens with one attached hydrogen (secondary N) is 2. The van der Waals surface area contributed by atoms with Crippen molar-refractivity contribution in [1.29, 1.82) is 0 Å². The molecule has 27 heavy (non-hydrogen) atoms. The third-order valence-corrected chi connectivity index (χ3v) is 6.50. The highest BCUT2D eigenvalue weighted by molar-refractivity contribution is 14.0. The molecule has 2 aliphatic carbocycles. The molecule has 6 heteroatoms. The number of rotatable bonds is 10. The Morgan fingerprint density at radius 1 is 1.15 bits per heavy atom. The SMILES string of the molecule is CCNC(=NCC1(CCOCC)CCCC1)NCC1CCN(C2CC2)C1.I. The van der Waals surface area contributed by atoms with Crippen LogP contribution in [-0.4, -0.2) is 62.8 Å². The molecule has 2 N–H and O–H groups in total. The molecule has 3 fully saturated rings. The van der Waals surface area contributed by atoms with Gasteiger partial charge in [0.15, 0.2) is 5.96 Å². The van der Waals surface area contributed by atoms with Crippen LogP contribution in [0.4, 0.5) is 0 Å². The minimum absolute atomic E-state index is 0. The van der Waals surface area contributed by atoms with E-state index in [4.69, 9.17) is 9.73 Å². The molecule has 1 heterocycles. The van der Waals surface area contributed by atoms with Crippen molar-refractivity contribution in [1.82, 2.24) is 15.5 Å². The van der Waals surface area contributed by atoms with Gasteiger partial charge in [0.2, 0.25) is 0 Å². The van der Waals surface area contributed by atoms with Gasteiger partial charge in [0.1, 0.15) is 0 Å². The number of nitrogens with zero attached hydrogens (tertiary/aromatic N) is 2. The van der Waals surface area contributed by atoms with Crippen LogP contribution in [0, 0.1) is 11.3 Å². The average molecular weight is 492 g/mol. The zero-order valence-electron chi connectivity index (χ0n) is 17.5. The summed E-state index contributed by atoms with van der Waals surface area (Å²) < 4.78 is 5.64. The first-order valence-electron chi connectivity index (χ1n) is 11.1. The van der Waals surface area contributed by atoms with Crippen molar-refractivity contribution in [3.05, 3.63) is 0 Å². The monoisotopic (exact) mass is 492 g/mol. The molecule has 0 aromatic heterocycles. The number of guanidine groups is 1. The van der Waals surface area contributed by atoms with Gasteiger partial charge in [-0.2, -0.15) is 0 Å². The van der Waals surface area contributed by atoms with Crippen LogP contribution in [0.5, 0.6) is 0 Å². The lowest BCUT2D eigenvalue weighted by Gasteiger charge is -2.27. The topological polar surface area (TPSA) is 48.9 Å². The number of ether oxygens (including phenoxy) is 1. The van der Waals surface area contributed by atoms with Gasteiger partial charge in [-0.05, 0) is 70.3 Å². The molecule has 0 aromatic rings. The van der Waals surface area contributed by atoms with E-state index in [0.29, 0.717) is 5.41 Å². The molecule has 1 aliphatic heterocycles. The summed E-state index contributed by atoms with van der Waals surface area (Å²) in [6, 6.07) is 0.912. The fourth-order valence-electron chi connectivity index (χ4n) is 4.68. The van der Waals surface area contributed by atoms with Crippen molar-refractivity contribution in [2.45, 2.75) is 71.3 Å². The van der Waals surface area contributed by atoms with E-state index in [-0.39, 0.29) is 24.0 Å². The van der Waals surface area contributed by atoms with Crippen molar-refractivity contribution in [3.8, 4) is 0 Å². The minimum Gasteiger partial charge on any atom is -0.382 e. The Balaban J connectivity index is 0.00000261. The third kappa shape index (κ3) is 7.35. The van der Waals surface area contributed by atoms with Crippen molar-refractivity contribution in [3.63, 3.8) is 0 Å². The summed E-state index contributed by atoms with van der Waals surface area (Å²) in [7, 11) is 0.